The predicted molar refractivity (Wildman–Crippen MR) is 79.9 cm³/mol. The van der Waals surface area contributed by atoms with Gasteiger partial charge in [0.25, 0.3) is 5.69 Å². The van der Waals surface area contributed by atoms with E-state index in [0.717, 1.165) is 0 Å². The van der Waals surface area contributed by atoms with Crippen LogP contribution in [0, 0.1) is 21.4 Å². The first-order chi connectivity index (χ1) is 10.2. The summed E-state index contributed by atoms with van der Waals surface area (Å²) in [7, 11) is 0. The molecule has 0 N–H and O–H groups in total. The molecule has 0 aliphatic heterocycles. The van der Waals surface area contributed by atoms with E-state index in [-0.39, 0.29) is 12.3 Å². The van der Waals surface area contributed by atoms with Crippen LogP contribution in [0.1, 0.15) is 25.0 Å². The number of benzene rings is 2. The predicted octanol–water partition coefficient (Wildman–Crippen LogP) is 4.07. The normalized spacial score (nSPS) is 9.00. The van der Waals surface area contributed by atoms with Gasteiger partial charge in [-0.2, -0.15) is 5.26 Å². The van der Waals surface area contributed by atoms with Crippen molar-refractivity contribution in [2.75, 3.05) is 0 Å². The monoisotopic (exact) mass is 284 g/mol. The lowest BCUT2D eigenvalue weighted by molar-refractivity contribution is -0.384. The van der Waals surface area contributed by atoms with Gasteiger partial charge in [-0.3, -0.25) is 10.1 Å². The van der Waals surface area contributed by atoms with E-state index in [2.05, 4.69) is 0 Å². The Morgan fingerprint density at radius 1 is 1.19 bits per heavy atom. The molecule has 21 heavy (non-hydrogen) atoms. The zero-order valence-corrected chi connectivity index (χ0v) is 11.9. The first-order valence-corrected chi connectivity index (χ1v) is 6.56. The number of nitrogens with zero attached hydrogens (tertiary/aromatic N) is 2. The maximum Gasteiger partial charge on any atom is 0.269 e. The highest BCUT2D eigenvalue weighted by atomic mass is 16.6. The molecule has 0 aromatic heterocycles. The molecule has 0 bridgehead atoms. The standard InChI is InChI=1S/C14H10N2O3.C2H6/c15-9-11-6-7-13(16(17)18)8-12(11)10-19-14-4-2-1-3-5-14;1-2/h1-8H,10H2;1-2H3. The highest BCUT2D eigenvalue weighted by Gasteiger charge is 2.11. The number of rotatable bonds is 4. The lowest BCUT2D eigenvalue weighted by Gasteiger charge is -2.07. The third-order valence-corrected chi connectivity index (χ3v) is 2.56. The number of para-hydroxylation sites is 1. The third kappa shape index (κ3) is 4.62. The number of non-ortho nitro benzene ring substituents is 1. The van der Waals surface area contributed by atoms with Crippen LogP contribution in [-0.4, -0.2) is 4.92 Å². The van der Waals surface area contributed by atoms with E-state index in [1.807, 2.05) is 38.1 Å². The number of nitriles is 1. The third-order valence-electron chi connectivity index (χ3n) is 2.56. The van der Waals surface area contributed by atoms with Gasteiger partial charge in [0, 0.05) is 17.7 Å². The summed E-state index contributed by atoms with van der Waals surface area (Å²) >= 11 is 0. The molecular formula is C16H16N2O3. The lowest BCUT2D eigenvalue weighted by atomic mass is 10.1. The Kier molecular flexibility index (Phi) is 6.42. The molecule has 2 aromatic rings. The van der Waals surface area contributed by atoms with Crippen molar-refractivity contribution >= 4 is 5.69 Å². The van der Waals surface area contributed by atoms with Gasteiger partial charge in [0.2, 0.25) is 0 Å². The first-order valence-electron chi connectivity index (χ1n) is 6.56. The molecule has 0 fully saturated rings. The van der Waals surface area contributed by atoms with Crippen molar-refractivity contribution in [3.05, 3.63) is 69.8 Å². The second-order valence-corrected chi connectivity index (χ2v) is 3.81. The Labute approximate surface area is 123 Å². The van der Waals surface area contributed by atoms with Crippen molar-refractivity contribution in [1.82, 2.24) is 0 Å². The molecule has 0 spiro atoms. The number of hydrogen-bond donors (Lipinski definition) is 0. The van der Waals surface area contributed by atoms with Crippen molar-refractivity contribution in [2.24, 2.45) is 0 Å². The minimum Gasteiger partial charge on any atom is -0.489 e. The van der Waals surface area contributed by atoms with Crippen LogP contribution in [0.25, 0.3) is 0 Å². The average Bonchev–Trinajstić information content (AvgIpc) is 2.55. The molecule has 108 valence electrons. The fourth-order valence-corrected chi connectivity index (χ4v) is 1.60. The van der Waals surface area contributed by atoms with Crippen molar-refractivity contribution in [1.29, 1.82) is 5.26 Å². The van der Waals surface area contributed by atoms with E-state index < -0.39 is 4.92 Å². The average molecular weight is 284 g/mol. The van der Waals surface area contributed by atoms with E-state index in [1.54, 1.807) is 12.1 Å². The molecule has 0 amide bonds. The van der Waals surface area contributed by atoms with Crippen molar-refractivity contribution in [3.63, 3.8) is 0 Å². The lowest BCUT2D eigenvalue weighted by Crippen LogP contribution is -2.00. The van der Waals surface area contributed by atoms with E-state index in [1.165, 1.54) is 18.2 Å². The van der Waals surface area contributed by atoms with Gasteiger partial charge in [0.15, 0.2) is 0 Å². The summed E-state index contributed by atoms with van der Waals surface area (Å²) in [6.07, 6.45) is 0. The second-order valence-electron chi connectivity index (χ2n) is 3.81. The van der Waals surface area contributed by atoms with Crippen molar-refractivity contribution in [3.8, 4) is 11.8 Å². The van der Waals surface area contributed by atoms with Crippen LogP contribution in [0.4, 0.5) is 5.69 Å². The molecule has 2 aromatic carbocycles. The van der Waals surface area contributed by atoms with Gasteiger partial charge in [-0.15, -0.1) is 0 Å². The molecule has 0 heterocycles. The minimum atomic E-state index is -0.493. The molecule has 5 nitrogen and oxygen atoms in total. The molecule has 0 unspecified atom stereocenters. The number of nitro groups is 1. The second kappa shape index (κ2) is 8.33. The summed E-state index contributed by atoms with van der Waals surface area (Å²) in [4.78, 5) is 10.2. The van der Waals surface area contributed by atoms with Gasteiger partial charge in [-0.05, 0) is 18.2 Å². The van der Waals surface area contributed by atoms with Gasteiger partial charge >= 0.3 is 0 Å². The van der Waals surface area contributed by atoms with Gasteiger partial charge in [-0.25, -0.2) is 0 Å². The smallest absolute Gasteiger partial charge is 0.269 e. The highest BCUT2D eigenvalue weighted by Crippen LogP contribution is 2.19. The number of ether oxygens (including phenoxy) is 1. The molecule has 0 atom stereocenters. The van der Waals surface area contributed by atoms with Gasteiger partial charge in [0.1, 0.15) is 12.4 Å². The fraction of sp³-hybridized carbons (Fsp3) is 0.188. The maximum absolute atomic E-state index is 10.7. The fourth-order valence-electron chi connectivity index (χ4n) is 1.60. The molecule has 2 rings (SSSR count). The SMILES string of the molecule is CC.N#Cc1ccc([N+](=O)[O-])cc1COc1ccccc1. The summed E-state index contributed by atoms with van der Waals surface area (Å²) in [5.74, 6) is 0.651. The largest absolute Gasteiger partial charge is 0.489 e. The van der Waals surface area contributed by atoms with Crippen LogP contribution in [0.15, 0.2) is 48.5 Å². The van der Waals surface area contributed by atoms with E-state index in [9.17, 15) is 10.1 Å². The molecule has 0 saturated heterocycles. The zero-order chi connectivity index (χ0) is 15.7. The van der Waals surface area contributed by atoms with Crippen LogP contribution in [0.5, 0.6) is 5.75 Å². The van der Waals surface area contributed by atoms with E-state index >= 15 is 0 Å². The maximum atomic E-state index is 10.7. The molecule has 5 heteroatoms. The summed E-state index contributed by atoms with van der Waals surface area (Å²) in [6, 6.07) is 15.2. The highest BCUT2D eigenvalue weighted by molar-refractivity contribution is 5.45. The van der Waals surface area contributed by atoms with Crippen LogP contribution < -0.4 is 4.74 Å². The number of hydrogen-bond acceptors (Lipinski definition) is 4. The van der Waals surface area contributed by atoms with Crippen LogP contribution >= 0.6 is 0 Å². The van der Waals surface area contributed by atoms with Crippen LogP contribution in [0.2, 0.25) is 0 Å². The Bertz CT molecular complexity index is 634. The number of nitro benzene ring substituents is 1. The Morgan fingerprint density at radius 3 is 2.43 bits per heavy atom. The van der Waals surface area contributed by atoms with Crippen molar-refractivity contribution < 1.29 is 9.66 Å². The summed E-state index contributed by atoms with van der Waals surface area (Å²) in [5.41, 5.74) is 0.827. The van der Waals surface area contributed by atoms with E-state index in [4.69, 9.17) is 10.00 Å². The summed E-state index contributed by atoms with van der Waals surface area (Å²) in [6.45, 7) is 4.12. The molecular weight excluding hydrogens is 268 g/mol. The minimum absolute atomic E-state index is 0.0503. The molecule has 0 aliphatic rings. The first kappa shape index (κ1) is 16.2. The Hall–Kier alpha value is -2.87. The van der Waals surface area contributed by atoms with E-state index in [0.29, 0.717) is 16.9 Å². The van der Waals surface area contributed by atoms with Crippen LogP contribution in [-0.2, 0) is 6.61 Å². The van der Waals surface area contributed by atoms with Crippen molar-refractivity contribution in [2.45, 2.75) is 20.5 Å². The summed E-state index contributed by atoms with van der Waals surface area (Å²) in [5, 5.41) is 19.7. The topological polar surface area (TPSA) is 76.2 Å². The zero-order valence-electron chi connectivity index (χ0n) is 11.9. The Morgan fingerprint density at radius 2 is 1.86 bits per heavy atom. The molecule has 0 radical (unpaired) electrons. The van der Waals surface area contributed by atoms with Gasteiger partial charge < -0.3 is 4.74 Å². The van der Waals surface area contributed by atoms with Gasteiger partial charge in [-0.1, -0.05) is 32.0 Å². The van der Waals surface area contributed by atoms with Crippen LogP contribution in [0.3, 0.4) is 0 Å². The Balaban J connectivity index is 0.00000106. The molecule has 0 aliphatic carbocycles. The summed E-state index contributed by atoms with van der Waals surface area (Å²) < 4.78 is 5.50. The quantitative estimate of drug-likeness (QED) is 0.626. The molecule has 0 saturated carbocycles. The van der Waals surface area contributed by atoms with Gasteiger partial charge in [0.05, 0.1) is 16.6 Å².